The minimum absolute atomic E-state index is 0.0799. The Morgan fingerprint density at radius 3 is 1.25 bits per heavy atom. The van der Waals surface area contributed by atoms with E-state index in [0.29, 0.717) is 0 Å². The fourth-order valence-electron chi connectivity index (χ4n) is 0.365. The zero-order chi connectivity index (χ0) is 5.98. The van der Waals surface area contributed by atoms with Crippen molar-refractivity contribution in [1.82, 2.24) is 0 Å². The molecule has 1 aliphatic carbocycles. The first-order valence-corrected chi connectivity index (χ1v) is 3.92. The van der Waals surface area contributed by atoms with Crippen LogP contribution in [0.2, 0.25) is 0 Å². The topological polar surface area (TPSA) is 0 Å². The second-order valence-electron chi connectivity index (χ2n) is 1.30. The smallest absolute Gasteiger partial charge is 0.0728 e. The van der Waals surface area contributed by atoms with Crippen LogP contribution in [0.4, 0.5) is 0 Å². The molecule has 8 heavy (non-hydrogen) atoms. The van der Waals surface area contributed by atoms with Gasteiger partial charge in [-0.3, -0.25) is 0 Å². The first-order chi connectivity index (χ1) is 3.79. The molecule has 0 saturated carbocycles. The van der Waals surface area contributed by atoms with Crippen molar-refractivity contribution in [3.05, 3.63) is 0 Å². The van der Waals surface area contributed by atoms with Gasteiger partial charge in [0.1, 0.15) is 9.65 Å². The quantitative estimate of drug-likeness (QED) is 0.440. The molecule has 40 valence electrons. The van der Waals surface area contributed by atoms with Crippen molar-refractivity contribution in [2.75, 3.05) is 0 Å². The summed E-state index contributed by atoms with van der Waals surface area (Å²) in [6, 6.07) is 0. The van der Waals surface area contributed by atoms with Crippen LogP contribution in [0.5, 0.6) is 0 Å². The predicted molar refractivity (Wildman–Crippen MR) is 41.0 cm³/mol. The van der Waals surface area contributed by atoms with Gasteiger partial charge < -0.3 is 0 Å². The lowest BCUT2D eigenvalue weighted by Crippen LogP contribution is -1.98. The van der Waals surface area contributed by atoms with Gasteiger partial charge in [-0.05, 0) is 0 Å². The van der Waals surface area contributed by atoms with Crippen molar-refractivity contribution < 1.29 is 0 Å². The second kappa shape index (κ2) is 2.58. The average Bonchev–Trinajstić information content (AvgIpc) is 1.77. The van der Waals surface area contributed by atoms with E-state index in [0.717, 1.165) is 0 Å². The van der Waals surface area contributed by atoms with Gasteiger partial charge in [0.15, 0.2) is 0 Å². The Morgan fingerprint density at radius 1 is 0.750 bits per heavy atom. The molecule has 0 aromatic carbocycles. The van der Waals surface area contributed by atoms with Crippen LogP contribution in [-0.2, 0) is 0 Å². The normalized spacial score (nSPS) is 31.8. The Hall–Kier alpha value is 0.0800. The van der Waals surface area contributed by atoms with Crippen molar-refractivity contribution in [1.29, 1.82) is 0 Å². The van der Waals surface area contributed by atoms with E-state index in [1.807, 2.05) is 0 Å². The van der Waals surface area contributed by atoms with E-state index in [1.165, 1.54) is 0 Å². The van der Waals surface area contributed by atoms with Crippen molar-refractivity contribution in [2.45, 2.75) is 9.65 Å². The van der Waals surface area contributed by atoms with Crippen LogP contribution >= 0.6 is 31.9 Å². The second-order valence-corrected chi connectivity index (χ2v) is 3.13. The lowest BCUT2D eigenvalue weighted by Gasteiger charge is -1.94. The largest absolute Gasteiger partial charge is 0.136 e. The molecule has 0 bridgehead atoms. The Bertz CT molecular complexity index is 158. The molecule has 1 rings (SSSR count). The molecule has 0 heterocycles. The van der Waals surface area contributed by atoms with E-state index >= 15 is 0 Å². The summed E-state index contributed by atoms with van der Waals surface area (Å²) in [5.41, 5.74) is 0. The Balaban J connectivity index is 2.69. The van der Waals surface area contributed by atoms with Crippen LogP contribution in [0, 0.1) is 23.7 Å². The summed E-state index contributed by atoms with van der Waals surface area (Å²) in [4.78, 5) is 0.160. The highest BCUT2D eigenvalue weighted by atomic mass is 79.9. The van der Waals surface area contributed by atoms with Gasteiger partial charge in [0, 0.05) is 0 Å². The monoisotopic (exact) mass is 232 g/mol. The predicted octanol–water partition coefficient (Wildman–Crippen LogP) is 1.53. The highest BCUT2D eigenvalue weighted by Crippen LogP contribution is 2.03. The summed E-state index contributed by atoms with van der Waals surface area (Å²) in [5.74, 6) is 11.5. The van der Waals surface area contributed by atoms with E-state index < -0.39 is 0 Å². The fraction of sp³-hybridized carbons (Fsp3) is 0.333. The van der Waals surface area contributed by atoms with Crippen LogP contribution in [0.15, 0.2) is 0 Å². The van der Waals surface area contributed by atoms with E-state index in [4.69, 9.17) is 0 Å². The number of hydrogen-bond donors (Lipinski definition) is 0. The van der Waals surface area contributed by atoms with E-state index in [9.17, 15) is 0 Å². The third kappa shape index (κ3) is 1.54. The van der Waals surface area contributed by atoms with Gasteiger partial charge in [-0.25, -0.2) is 0 Å². The molecule has 0 N–H and O–H groups in total. The minimum atomic E-state index is 0.0799. The molecule has 0 radical (unpaired) electrons. The van der Waals surface area contributed by atoms with Crippen LogP contribution < -0.4 is 0 Å². The molecular formula is C6H2Br2. The summed E-state index contributed by atoms with van der Waals surface area (Å²) in [6.45, 7) is 0. The number of alkyl halides is 2. The Morgan fingerprint density at radius 2 is 1.00 bits per heavy atom. The van der Waals surface area contributed by atoms with Crippen LogP contribution in [0.25, 0.3) is 0 Å². The lowest BCUT2D eigenvalue weighted by molar-refractivity contribution is 1.50. The molecule has 0 saturated heterocycles. The molecule has 0 spiro atoms. The molecule has 0 amide bonds. The Kier molecular flexibility index (Phi) is 2.00. The molecule has 0 aromatic rings. The molecule has 2 heteroatoms. The van der Waals surface area contributed by atoms with Gasteiger partial charge in [0.05, 0.1) is 0 Å². The van der Waals surface area contributed by atoms with Gasteiger partial charge in [-0.1, -0.05) is 55.5 Å². The summed E-state index contributed by atoms with van der Waals surface area (Å²) < 4.78 is 0. The highest BCUT2D eigenvalue weighted by Gasteiger charge is 1.98. The fourth-order valence-corrected chi connectivity index (χ4v) is 0.893. The highest BCUT2D eigenvalue weighted by molar-refractivity contribution is 9.10. The first kappa shape index (κ1) is 6.20. The van der Waals surface area contributed by atoms with Crippen LogP contribution in [0.1, 0.15) is 0 Å². The zero-order valence-electron chi connectivity index (χ0n) is 3.91. The molecule has 0 atom stereocenters. The molecule has 1 aliphatic rings. The molecule has 0 unspecified atom stereocenters. The van der Waals surface area contributed by atoms with Gasteiger partial charge in [-0.15, -0.1) is 0 Å². The standard InChI is InChI=1S/C6H2Br2/c7-5-1-2-6(8)4-3-5/h5-6H. The van der Waals surface area contributed by atoms with E-state index in [2.05, 4.69) is 55.5 Å². The summed E-state index contributed by atoms with van der Waals surface area (Å²) in [6.07, 6.45) is 0. The first-order valence-electron chi connectivity index (χ1n) is 2.09. The number of rotatable bonds is 0. The van der Waals surface area contributed by atoms with Crippen LogP contribution in [-0.4, -0.2) is 9.65 Å². The summed E-state index contributed by atoms with van der Waals surface area (Å²) in [7, 11) is 0. The Labute approximate surface area is 65.3 Å². The number of halogens is 2. The molecule has 0 nitrogen and oxygen atoms in total. The maximum Gasteiger partial charge on any atom is 0.136 e. The van der Waals surface area contributed by atoms with Crippen molar-refractivity contribution >= 4 is 31.9 Å². The summed E-state index contributed by atoms with van der Waals surface area (Å²) >= 11 is 6.50. The lowest BCUT2D eigenvalue weighted by atomic mass is 10.3. The zero-order valence-corrected chi connectivity index (χ0v) is 7.08. The third-order valence-corrected chi connectivity index (χ3v) is 1.59. The van der Waals surface area contributed by atoms with Gasteiger partial charge in [0.2, 0.25) is 0 Å². The van der Waals surface area contributed by atoms with Gasteiger partial charge >= 0.3 is 0 Å². The minimum Gasteiger partial charge on any atom is -0.0728 e. The molecule has 0 fully saturated rings. The maximum absolute atomic E-state index is 3.25. The molecular weight excluding hydrogens is 232 g/mol. The van der Waals surface area contributed by atoms with Gasteiger partial charge in [0.25, 0.3) is 0 Å². The van der Waals surface area contributed by atoms with Crippen molar-refractivity contribution in [3.63, 3.8) is 0 Å². The molecule has 0 aliphatic heterocycles. The average molecular weight is 234 g/mol. The van der Waals surface area contributed by atoms with Crippen molar-refractivity contribution in [3.8, 4) is 23.7 Å². The third-order valence-electron chi connectivity index (χ3n) is 0.674. The van der Waals surface area contributed by atoms with Crippen LogP contribution in [0.3, 0.4) is 0 Å². The maximum atomic E-state index is 3.25. The van der Waals surface area contributed by atoms with Crippen molar-refractivity contribution in [2.24, 2.45) is 0 Å². The molecule has 0 aromatic heterocycles. The summed E-state index contributed by atoms with van der Waals surface area (Å²) in [5, 5.41) is 0. The van der Waals surface area contributed by atoms with E-state index in [-0.39, 0.29) is 9.65 Å². The van der Waals surface area contributed by atoms with Gasteiger partial charge in [-0.2, -0.15) is 0 Å². The number of hydrogen-bond acceptors (Lipinski definition) is 0. The SMILES string of the molecule is BrC1C#CC(Br)C#C1. The van der Waals surface area contributed by atoms with E-state index in [1.54, 1.807) is 0 Å².